The van der Waals surface area contributed by atoms with Crippen LogP contribution in [-0.2, 0) is 10.8 Å². The van der Waals surface area contributed by atoms with E-state index in [-0.39, 0.29) is 0 Å². The van der Waals surface area contributed by atoms with Gasteiger partial charge >= 0.3 is 0 Å². The Hall–Kier alpha value is -1.23. The zero-order chi connectivity index (χ0) is 13.8. The summed E-state index contributed by atoms with van der Waals surface area (Å²) in [4.78, 5) is 1.62. The molecule has 2 rings (SSSR count). The number of hydrogen-bond acceptors (Lipinski definition) is 3. The molecular weight excluding hydrogens is 276 g/mol. The highest BCUT2D eigenvalue weighted by atomic mass is 32.2. The molecule has 0 aliphatic carbocycles. The Morgan fingerprint density at radius 3 is 2.63 bits per heavy atom. The first-order chi connectivity index (χ1) is 9.11. The molecule has 1 N–H and O–H groups in total. The van der Waals surface area contributed by atoms with Gasteiger partial charge in [-0.05, 0) is 37.6 Å². The van der Waals surface area contributed by atoms with Crippen molar-refractivity contribution in [3.63, 3.8) is 0 Å². The van der Waals surface area contributed by atoms with E-state index in [4.69, 9.17) is 0 Å². The monoisotopic (exact) mass is 292 g/mol. The summed E-state index contributed by atoms with van der Waals surface area (Å²) in [5, 5.41) is 9.86. The molecule has 19 heavy (non-hydrogen) atoms. The van der Waals surface area contributed by atoms with Gasteiger partial charge in [0.1, 0.15) is 0 Å². The second-order valence-electron chi connectivity index (χ2n) is 4.28. The van der Waals surface area contributed by atoms with Gasteiger partial charge < -0.3 is 5.11 Å². The van der Waals surface area contributed by atoms with Gasteiger partial charge in [-0.3, -0.25) is 0 Å². The third kappa shape index (κ3) is 3.41. The first kappa shape index (κ1) is 14.2. The molecule has 1 aromatic carbocycles. The van der Waals surface area contributed by atoms with Gasteiger partial charge in [0.2, 0.25) is 0 Å². The van der Waals surface area contributed by atoms with Gasteiger partial charge in [-0.25, -0.2) is 4.21 Å². The van der Waals surface area contributed by atoms with Crippen LogP contribution in [0.3, 0.4) is 0 Å². The summed E-state index contributed by atoms with van der Waals surface area (Å²) in [6.07, 6.45) is 1.64. The Morgan fingerprint density at radius 1 is 1.32 bits per heavy atom. The van der Waals surface area contributed by atoms with E-state index in [2.05, 4.69) is 6.58 Å². The number of rotatable bonds is 5. The molecule has 2 atom stereocenters. The van der Waals surface area contributed by atoms with Crippen molar-refractivity contribution in [2.24, 2.45) is 0 Å². The Labute approximate surface area is 119 Å². The lowest BCUT2D eigenvalue weighted by molar-refractivity contribution is 0.185. The average Bonchev–Trinajstić information content (AvgIpc) is 2.89. The number of benzene rings is 1. The molecule has 0 amide bonds. The highest BCUT2D eigenvalue weighted by molar-refractivity contribution is 7.87. The predicted octanol–water partition coefficient (Wildman–Crippen LogP) is 3.83. The van der Waals surface area contributed by atoms with Gasteiger partial charge in [0.25, 0.3) is 0 Å². The summed E-state index contributed by atoms with van der Waals surface area (Å²) < 4.78 is 13.1. The van der Waals surface area contributed by atoms with Crippen LogP contribution in [0.2, 0.25) is 0 Å². The van der Waals surface area contributed by atoms with E-state index in [9.17, 15) is 9.32 Å². The fraction of sp³-hybridized carbons (Fsp3) is 0.200. The SMILES string of the molecule is C=CCC(O)c1ccc([S@@](=O)c2ccc(C)cc2)s1. The van der Waals surface area contributed by atoms with Crippen molar-refractivity contribution in [2.45, 2.75) is 28.6 Å². The molecule has 0 saturated carbocycles. The topological polar surface area (TPSA) is 37.3 Å². The van der Waals surface area contributed by atoms with Crippen molar-refractivity contribution in [2.75, 3.05) is 0 Å². The van der Waals surface area contributed by atoms with E-state index in [1.807, 2.05) is 43.3 Å². The molecule has 4 heteroatoms. The zero-order valence-corrected chi connectivity index (χ0v) is 12.3. The Morgan fingerprint density at radius 2 is 2.00 bits per heavy atom. The third-order valence-electron chi connectivity index (χ3n) is 2.74. The largest absolute Gasteiger partial charge is 0.387 e. The van der Waals surface area contributed by atoms with Crippen LogP contribution in [0.1, 0.15) is 23.0 Å². The van der Waals surface area contributed by atoms with E-state index in [0.717, 1.165) is 19.5 Å². The lowest BCUT2D eigenvalue weighted by atomic mass is 10.2. The lowest BCUT2D eigenvalue weighted by Crippen LogP contribution is -1.91. The normalized spacial score (nSPS) is 14.0. The summed E-state index contributed by atoms with van der Waals surface area (Å²) >= 11 is 1.39. The van der Waals surface area contributed by atoms with E-state index < -0.39 is 16.9 Å². The fourth-order valence-electron chi connectivity index (χ4n) is 1.67. The van der Waals surface area contributed by atoms with E-state index in [0.29, 0.717) is 6.42 Å². The van der Waals surface area contributed by atoms with Crippen LogP contribution in [0.25, 0.3) is 0 Å². The molecule has 0 radical (unpaired) electrons. The van der Waals surface area contributed by atoms with Crippen molar-refractivity contribution in [1.82, 2.24) is 0 Å². The molecule has 0 aliphatic rings. The van der Waals surface area contributed by atoms with Gasteiger partial charge in [-0.15, -0.1) is 17.9 Å². The van der Waals surface area contributed by atoms with Crippen LogP contribution in [0.5, 0.6) is 0 Å². The molecule has 1 heterocycles. The first-order valence-electron chi connectivity index (χ1n) is 5.99. The molecule has 1 unspecified atom stereocenters. The quantitative estimate of drug-likeness (QED) is 0.850. The molecule has 0 spiro atoms. The van der Waals surface area contributed by atoms with Crippen molar-refractivity contribution >= 4 is 22.1 Å². The molecule has 0 aliphatic heterocycles. The maximum absolute atomic E-state index is 12.4. The molecule has 0 fully saturated rings. The van der Waals surface area contributed by atoms with Crippen molar-refractivity contribution < 1.29 is 9.32 Å². The lowest BCUT2D eigenvalue weighted by Gasteiger charge is -2.03. The maximum Gasteiger partial charge on any atom is 0.0963 e. The van der Waals surface area contributed by atoms with Crippen molar-refractivity contribution in [3.8, 4) is 0 Å². The minimum Gasteiger partial charge on any atom is -0.387 e. The highest BCUT2D eigenvalue weighted by Gasteiger charge is 2.13. The van der Waals surface area contributed by atoms with Crippen LogP contribution in [0.15, 0.2) is 58.2 Å². The van der Waals surface area contributed by atoms with E-state index >= 15 is 0 Å². The first-order valence-corrected chi connectivity index (χ1v) is 7.95. The standard InChI is InChI=1S/C15H16O2S2/c1-3-4-13(16)14-9-10-15(18-14)19(17)12-7-5-11(2)6-8-12/h3,5-10,13,16H,1,4H2,2H3/t13?,19-/m0/s1. The Balaban J connectivity index is 2.20. The van der Waals surface area contributed by atoms with Crippen LogP contribution in [0, 0.1) is 6.92 Å². The smallest absolute Gasteiger partial charge is 0.0963 e. The number of hydrogen-bond donors (Lipinski definition) is 1. The van der Waals surface area contributed by atoms with Gasteiger partial charge in [-0.2, -0.15) is 0 Å². The molecule has 0 bridgehead atoms. The number of aliphatic hydroxyl groups excluding tert-OH is 1. The fourth-order valence-corrected chi connectivity index (χ4v) is 4.09. The second-order valence-corrected chi connectivity index (χ2v) is 7.10. The van der Waals surface area contributed by atoms with Crippen LogP contribution >= 0.6 is 11.3 Å². The summed E-state index contributed by atoms with van der Waals surface area (Å²) in [7, 11) is -1.17. The molecule has 0 saturated heterocycles. The minimum atomic E-state index is -1.17. The van der Waals surface area contributed by atoms with Gasteiger partial charge in [0.05, 0.1) is 21.1 Å². The number of aliphatic hydroxyl groups is 1. The molecule has 1 aromatic heterocycles. The molecular formula is C15H16O2S2. The highest BCUT2D eigenvalue weighted by Crippen LogP contribution is 2.30. The van der Waals surface area contributed by atoms with Crippen molar-refractivity contribution in [3.05, 3.63) is 59.5 Å². The molecule has 2 nitrogen and oxygen atoms in total. The Bertz CT molecular complexity index is 584. The van der Waals surface area contributed by atoms with Crippen molar-refractivity contribution in [1.29, 1.82) is 0 Å². The zero-order valence-electron chi connectivity index (χ0n) is 10.7. The van der Waals surface area contributed by atoms with E-state index in [1.54, 1.807) is 6.08 Å². The maximum atomic E-state index is 12.4. The Kier molecular flexibility index (Phi) is 4.69. The third-order valence-corrected chi connectivity index (χ3v) is 5.63. The van der Waals surface area contributed by atoms with Gasteiger partial charge in [0, 0.05) is 9.77 Å². The van der Waals surface area contributed by atoms with Gasteiger partial charge in [0.15, 0.2) is 0 Å². The number of thiophene rings is 1. The predicted molar refractivity (Wildman–Crippen MR) is 79.9 cm³/mol. The van der Waals surface area contributed by atoms with Crippen LogP contribution < -0.4 is 0 Å². The number of aryl methyl sites for hydroxylation is 1. The molecule has 2 aromatic rings. The van der Waals surface area contributed by atoms with Crippen LogP contribution in [-0.4, -0.2) is 9.32 Å². The van der Waals surface area contributed by atoms with E-state index in [1.165, 1.54) is 11.3 Å². The molecule has 100 valence electrons. The van der Waals surface area contributed by atoms with Gasteiger partial charge in [-0.1, -0.05) is 23.8 Å². The minimum absolute atomic E-state index is 0.511. The average molecular weight is 292 g/mol. The summed E-state index contributed by atoms with van der Waals surface area (Å²) in [5.41, 5.74) is 1.15. The summed E-state index contributed by atoms with van der Waals surface area (Å²) in [6.45, 7) is 5.61. The summed E-state index contributed by atoms with van der Waals surface area (Å²) in [6, 6.07) is 11.3. The van der Waals surface area contributed by atoms with Crippen LogP contribution in [0.4, 0.5) is 0 Å². The summed E-state index contributed by atoms with van der Waals surface area (Å²) in [5.74, 6) is 0. The second kappa shape index (κ2) is 6.28.